The number of aromatic nitrogens is 2. The molecule has 0 atom stereocenters. The van der Waals surface area contributed by atoms with Gasteiger partial charge in [0.15, 0.2) is 0 Å². The van der Waals surface area contributed by atoms with E-state index in [1.165, 1.54) is 59.6 Å². The lowest BCUT2D eigenvalue weighted by Crippen LogP contribution is -2.04. The first-order chi connectivity index (χ1) is 16.8. The van der Waals surface area contributed by atoms with E-state index in [2.05, 4.69) is 32.9 Å². The quantitative estimate of drug-likeness (QED) is 0.218. The molecule has 0 aliphatic heterocycles. The van der Waals surface area contributed by atoms with E-state index < -0.39 is 17.6 Å². The first-order valence-electron chi connectivity index (χ1n) is 10.7. The molecule has 5 rings (SSSR count). The van der Waals surface area contributed by atoms with Crippen molar-refractivity contribution >= 4 is 29.5 Å². The molecule has 3 aromatic carbocycles. The maximum absolute atomic E-state index is 13.0. The van der Waals surface area contributed by atoms with Gasteiger partial charge in [-0.15, -0.1) is 0 Å². The highest BCUT2D eigenvalue weighted by molar-refractivity contribution is 8.00. The maximum atomic E-state index is 13.0. The van der Waals surface area contributed by atoms with Gasteiger partial charge < -0.3 is 0 Å². The van der Waals surface area contributed by atoms with E-state index in [0.29, 0.717) is 17.1 Å². The Morgan fingerprint density at radius 1 is 0.829 bits per heavy atom. The number of anilines is 1. The number of nitrogens with one attached hydrogen (secondary N) is 1. The Labute approximate surface area is 209 Å². The van der Waals surface area contributed by atoms with Crippen molar-refractivity contribution in [1.29, 1.82) is 0 Å². The van der Waals surface area contributed by atoms with Crippen molar-refractivity contribution in [2.24, 2.45) is 0 Å². The number of nitrogens with zero attached hydrogens (tertiary/aromatic N) is 2. The predicted octanol–water partition coefficient (Wildman–Crippen LogP) is 8.25. The molecule has 1 heterocycles. The van der Waals surface area contributed by atoms with Crippen LogP contribution in [0.25, 0.3) is 11.1 Å². The number of benzene rings is 3. The molecule has 0 saturated heterocycles. The zero-order valence-corrected chi connectivity index (χ0v) is 19.9. The summed E-state index contributed by atoms with van der Waals surface area (Å²) in [4.78, 5) is 9.47. The first kappa shape index (κ1) is 25.0. The third kappa shape index (κ3) is 6.74. The van der Waals surface area contributed by atoms with Crippen molar-refractivity contribution in [2.45, 2.75) is 30.3 Å². The van der Waals surface area contributed by atoms with Crippen LogP contribution in [0.3, 0.4) is 0 Å². The van der Waals surface area contributed by atoms with Gasteiger partial charge in [-0.05, 0) is 95.9 Å². The third-order valence-electron chi connectivity index (χ3n) is 5.34. The summed E-state index contributed by atoms with van der Waals surface area (Å²) in [7, 11) is 0. The Morgan fingerprint density at radius 3 is 2.31 bits per heavy atom. The number of aryl methyl sites for hydroxylation is 2. The van der Waals surface area contributed by atoms with Crippen molar-refractivity contribution < 1.29 is 17.6 Å². The second-order valence-electron chi connectivity index (χ2n) is 7.77. The number of hydrogen-bond donors (Lipinski definition) is 1. The molecule has 1 N–H and O–H groups in total. The molecule has 0 saturated carbocycles. The zero-order chi connectivity index (χ0) is 24.8. The summed E-state index contributed by atoms with van der Waals surface area (Å²) in [6, 6.07) is 17.1. The van der Waals surface area contributed by atoms with Crippen molar-refractivity contribution in [3.63, 3.8) is 0 Å². The molecule has 4 aromatic rings. The summed E-state index contributed by atoms with van der Waals surface area (Å²) < 4.78 is 53.7. The summed E-state index contributed by atoms with van der Waals surface area (Å²) in [5, 5.41) is -0.120. The van der Waals surface area contributed by atoms with Crippen LogP contribution in [0.5, 0.6) is 0 Å². The van der Waals surface area contributed by atoms with Gasteiger partial charge in [-0.1, -0.05) is 35.9 Å². The Kier molecular flexibility index (Phi) is 7.93. The molecule has 1 aliphatic carbocycles. The molecule has 0 fully saturated rings. The molecule has 35 heavy (non-hydrogen) atoms. The third-order valence-corrected chi connectivity index (χ3v) is 6.40. The van der Waals surface area contributed by atoms with Crippen LogP contribution in [0.1, 0.15) is 23.1 Å². The van der Waals surface area contributed by atoms with Gasteiger partial charge in [-0.2, -0.15) is 13.2 Å². The van der Waals surface area contributed by atoms with Gasteiger partial charge in [0.05, 0.1) is 10.6 Å². The van der Waals surface area contributed by atoms with Crippen LogP contribution in [-0.4, -0.2) is 9.97 Å². The van der Waals surface area contributed by atoms with E-state index >= 15 is 0 Å². The van der Waals surface area contributed by atoms with Crippen LogP contribution < -0.4 is 4.72 Å². The standard InChI is InChI=1S/C13H7ClF4.C13H13N3S/c14-11-7-9(4-5-12(11)15)8-2-1-3-10(6-8)13(16,17)18;1-3-10-5-6-12(9-11(10)4-1)17-16-13-14-7-2-8-15-13/h1-7H;2,5-9H,1,3-4H2,(H,14,15,16). The highest BCUT2D eigenvalue weighted by Gasteiger charge is 2.30. The zero-order valence-electron chi connectivity index (χ0n) is 18.3. The number of hydrogen-bond acceptors (Lipinski definition) is 4. The molecule has 1 aliphatic rings. The van der Waals surface area contributed by atoms with Crippen LogP contribution in [0.15, 0.2) is 84.0 Å². The number of fused-ring (bicyclic) bond motifs is 1. The van der Waals surface area contributed by atoms with E-state index in [1.807, 2.05) is 6.07 Å². The summed E-state index contributed by atoms with van der Waals surface area (Å²) in [5.74, 6) is 0.0467. The Morgan fingerprint density at radius 2 is 1.57 bits per heavy atom. The molecule has 180 valence electrons. The average molecular weight is 518 g/mol. The van der Waals surface area contributed by atoms with Crippen LogP contribution in [0.4, 0.5) is 23.5 Å². The molecule has 3 nitrogen and oxygen atoms in total. The molecule has 0 bridgehead atoms. The topological polar surface area (TPSA) is 37.8 Å². The first-order valence-corrected chi connectivity index (χ1v) is 11.9. The Bertz CT molecular complexity index is 1300. The van der Waals surface area contributed by atoms with Gasteiger partial charge in [-0.25, -0.2) is 14.4 Å². The molecule has 0 spiro atoms. The molecule has 0 amide bonds. The molecular weight excluding hydrogens is 498 g/mol. The highest BCUT2D eigenvalue weighted by atomic mass is 35.5. The minimum atomic E-state index is -4.40. The summed E-state index contributed by atoms with van der Waals surface area (Å²) in [5.41, 5.74) is 3.02. The average Bonchev–Trinajstić information content (AvgIpc) is 3.33. The molecule has 0 radical (unpaired) electrons. The van der Waals surface area contributed by atoms with Crippen LogP contribution in [0, 0.1) is 5.82 Å². The fourth-order valence-corrected chi connectivity index (χ4v) is 4.45. The molecule has 0 unspecified atom stereocenters. The molecule has 9 heteroatoms. The smallest absolute Gasteiger partial charge is 0.294 e. The van der Waals surface area contributed by atoms with E-state index in [4.69, 9.17) is 11.6 Å². The Hall–Kier alpha value is -3.10. The van der Waals surface area contributed by atoms with Gasteiger partial charge in [-0.3, -0.25) is 4.72 Å². The van der Waals surface area contributed by atoms with Crippen molar-refractivity contribution in [3.8, 4) is 11.1 Å². The fourth-order valence-electron chi connectivity index (χ4n) is 3.62. The lowest BCUT2D eigenvalue weighted by Gasteiger charge is -2.09. The maximum Gasteiger partial charge on any atom is 0.416 e. The van der Waals surface area contributed by atoms with Crippen LogP contribution in [-0.2, 0) is 19.0 Å². The van der Waals surface area contributed by atoms with Crippen molar-refractivity contribution in [3.05, 3.63) is 107 Å². The van der Waals surface area contributed by atoms with E-state index in [9.17, 15) is 17.6 Å². The van der Waals surface area contributed by atoms with Crippen LogP contribution in [0.2, 0.25) is 5.02 Å². The fraction of sp³-hybridized carbons (Fsp3) is 0.154. The van der Waals surface area contributed by atoms with Gasteiger partial charge in [0, 0.05) is 17.3 Å². The van der Waals surface area contributed by atoms with Gasteiger partial charge in [0.25, 0.3) is 0 Å². The van der Waals surface area contributed by atoms with E-state index in [-0.39, 0.29) is 5.02 Å². The summed E-state index contributed by atoms with van der Waals surface area (Å²) >= 11 is 7.16. The SMILES string of the molecule is Fc1ccc(-c2cccc(C(F)(F)F)c2)cc1Cl.c1cnc(NSc2ccc3c(c2)CCC3)nc1. The largest absolute Gasteiger partial charge is 0.416 e. The number of alkyl halides is 3. The van der Waals surface area contributed by atoms with Gasteiger partial charge >= 0.3 is 6.18 Å². The normalized spacial score (nSPS) is 12.5. The molecular formula is C26H20ClF4N3S. The highest BCUT2D eigenvalue weighted by Crippen LogP contribution is 2.33. The monoisotopic (exact) mass is 517 g/mol. The van der Waals surface area contributed by atoms with Gasteiger partial charge in [0.1, 0.15) is 5.82 Å². The van der Waals surface area contributed by atoms with E-state index in [1.54, 1.807) is 24.3 Å². The molecule has 1 aromatic heterocycles. The number of halogens is 5. The van der Waals surface area contributed by atoms with Crippen molar-refractivity contribution in [1.82, 2.24) is 9.97 Å². The lowest BCUT2D eigenvalue weighted by molar-refractivity contribution is -0.137. The van der Waals surface area contributed by atoms with Crippen molar-refractivity contribution in [2.75, 3.05) is 4.72 Å². The van der Waals surface area contributed by atoms with Crippen LogP contribution >= 0.6 is 23.5 Å². The number of rotatable bonds is 4. The summed E-state index contributed by atoms with van der Waals surface area (Å²) in [6.07, 6.45) is 2.80. The van der Waals surface area contributed by atoms with Gasteiger partial charge in [0.2, 0.25) is 5.95 Å². The minimum Gasteiger partial charge on any atom is -0.294 e. The summed E-state index contributed by atoms with van der Waals surface area (Å²) in [6.45, 7) is 0. The second-order valence-corrected chi connectivity index (χ2v) is 9.05. The Balaban J connectivity index is 0.000000165. The minimum absolute atomic E-state index is 0.120. The second kappa shape index (κ2) is 11.1. The lowest BCUT2D eigenvalue weighted by atomic mass is 10.0. The predicted molar refractivity (Wildman–Crippen MR) is 132 cm³/mol. The van der Waals surface area contributed by atoms with E-state index in [0.717, 1.165) is 18.2 Å².